The Balaban J connectivity index is 5.43. The summed E-state index contributed by atoms with van der Waals surface area (Å²) in [6.07, 6.45) is -0.351. The normalized spacial score (nSPS) is 11.7. The van der Waals surface area contributed by atoms with E-state index in [1.54, 1.807) is 0 Å². The van der Waals surface area contributed by atoms with Crippen LogP contribution in [-0.4, -0.2) is 27.7 Å². The molecule has 2 N–H and O–H groups in total. The Hall–Kier alpha value is -1.47. The van der Waals surface area contributed by atoms with Crippen LogP contribution in [0.1, 0.15) is 27.2 Å². The third-order valence-corrected chi connectivity index (χ3v) is 2.40. The lowest BCUT2D eigenvalue weighted by Crippen LogP contribution is -2.42. The standard InChI is InChI=1S/C11H17O8P/c1-6-11(19-20(14,15)16,17-9(12)7(2)3)18-10(13)8(4)5/h2,4,6H2,1,3,5H3,(H2,14,15,16). The van der Waals surface area contributed by atoms with Crippen LogP contribution in [0.15, 0.2) is 24.3 Å². The van der Waals surface area contributed by atoms with Crippen molar-refractivity contribution in [2.45, 2.75) is 33.2 Å². The minimum Gasteiger partial charge on any atom is -0.394 e. The molecule has 0 atom stereocenters. The van der Waals surface area contributed by atoms with E-state index in [2.05, 4.69) is 17.7 Å². The summed E-state index contributed by atoms with van der Waals surface area (Å²) in [5.74, 6) is -4.62. The lowest BCUT2D eigenvalue weighted by atomic mass is 10.3. The fraction of sp³-hybridized carbons (Fsp3) is 0.455. The number of esters is 2. The van der Waals surface area contributed by atoms with Crippen LogP contribution in [0, 0.1) is 0 Å². The summed E-state index contributed by atoms with van der Waals surface area (Å²) in [4.78, 5) is 40.7. The summed E-state index contributed by atoms with van der Waals surface area (Å²) in [7, 11) is -5.09. The minimum atomic E-state index is -5.09. The summed E-state index contributed by atoms with van der Waals surface area (Å²) in [5, 5.41) is 0. The number of phosphoric ester groups is 1. The first kappa shape index (κ1) is 18.5. The van der Waals surface area contributed by atoms with Gasteiger partial charge in [-0.1, -0.05) is 20.1 Å². The Morgan fingerprint density at radius 2 is 1.45 bits per heavy atom. The molecule has 0 spiro atoms. The van der Waals surface area contributed by atoms with Gasteiger partial charge in [0.2, 0.25) is 0 Å². The van der Waals surface area contributed by atoms with Crippen LogP contribution in [0.3, 0.4) is 0 Å². The summed E-state index contributed by atoms with van der Waals surface area (Å²) in [5.41, 5.74) is -0.132. The molecule has 0 aromatic rings. The highest BCUT2D eigenvalue weighted by molar-refractivity contribution is 7.46. The maximum Gasteiger partial charge on any atom is 0.475 e. The Bertz CT molecular complexity index is 447. The van der Waals surface area contributed by atoms with Crippen molar-refractivity contribution >= 4 is 19.8 Å². The number of carbonyl (C=O) groups is 2. The third-order valence-electron chi connectivity index (χ3n) is 1.88. The molecule has 0 fully saturated rings. The Kier molecular flexibility index (Phi) is 6.31. The second kappa shape index (κ2) is 6.81. The molecule has 0 unspecified atom stereocenters. The maximum atomic E-state index is 11.5. The zero-order chi connectivity index (χ0) is 16.1. The van der Waals surface area contributed by atoms with E-state index >= 15 is 0 Å². The first-order valence-corrected chi connectivity index (χ1v) is 6.99. The first-order valence-electron chi connectivity index (χ1n) is 5.46. The molecule has 0 radical (unpaired) electrons. The van der Waals surface area contributed by atoms with Gasteiger partial charge in [-0.25, -0.2) is 18.7 Å². The Morgan fingerprint density at radius 3 is 1.65 bits per heavy atom. The zero-order valence-electron chi connectivity index (χ0n) is 11.4. The predicted octanol–water partition coefficient (Wildman–Crippen LogP) is 1.40. The highest BCUT2D eigenvalue weighted by atomic mass is 31.2. The van der Waals surface area contributed by atoms with E-state index in [1.807, 2.05) is 0 Å². The van der Waals surface area contributed by atoms with Crippen LogP contribution >= 0.6 is 7.82 Å². The predicted molar refractivity (Wildman–Crippen MR) is 68.0 cm³/mol. The second-order valence-corrected chi connectivity index (χ2v) is 5.12. The van der Waals surface area contributed by atoms with Crippen molar-refractivity contribution in [2.24, 2.45) is 0 Å². The third kappa shape index (κ3) is 6.12. The van der Waals surface area contributed by atoms with E-state index in [4.69, 9.17) is 19.3 Å². The van der Waals surface area contributed by atoms with Crippen molar-refractivity contribution in [2.75, 3.05) is 0 Å². The molecule has 8 nitrogen and oxygen atoms in total. The van der Waals surface area contributed by atoms with Crippen molar-refractivity contribution < 1.29 is 37.9 Å². The molecule has 0 bridgehead atoms. The number of phosphoric acid groups is 1. The molecule has 0 heterocycles. The molecule has 0 rings (SSSR count). The molecule has 0 saturated carbocycles. The minimum absolute atomic E-state index is 0.0662. The van der Waals surface area contributed by atoms with Crippen molar-refractivity contribution in [3.8, 4) is 0 Å². The molecular formula is C11H17O8P. The fourth-order valence-electron chi connectivity index (χ4n) is 0.905. The van der Waals surface area contributed by atoms with Crippen molar-refractivity contribution in [3.63, 3.8) is 0 Å². The van der Waals surface area contributed by atoms with Gasteiger partial charge < -0.3 is 19.3 Å². The molecule has 0 aromatic heterocycles. The van der Waals surface area contributed by atoms with Crippen LogP contribution < -0.4 is 0 Å². The summed E-state index contributed by atoms with van der Waals surface area (Å²) in [6, 6.07) is 0. The Morgan fingerprint density at radius 1 is 1.10 bits per heavy atom. The summed E-state index contributed by atoms with van der Waals surface area (Å²) in [6.45, 7) is 10.6. The van der Waals surface area contributed by atoms with Gasteiger partial charge in [0.05, 0.1) is 6.42 Å². The van der Waals surface area contributed by atoms with E-state index < -0.39 is 25.7 Å². The van der Waals surface area contributed by atoms with E-state index in [0.717, 1.165) is 0 Å². The maximum absolute atomic E-state index is 11.5. The fourth-order valence-corrected chi connectivity index (χ4v) is 1.47. The second-order valence-electron chi connectivity index (χ2n) is 3.96. The number of rotatable bonds is 7. The average Bonchev–Trinajstić information content (AvgIpc) is 2.25. The number of hydrogen-bond acceptors (Lipinski definition) is 6. The van der Waals surface area contributed by atoms with Crippen LogP contribution in [0.25, 0.3) is 0 Å². The highest BCUT2D eigenvalue weighted by Crippen LogP contribution is 2.44. The first-order chi connectivity index (χ1) is 8.92. The molecule has 0 saturated heterocycles. The molecule has 0 aliphatic rings. The zero-order valence-corrected chi connectivity index (χ0v) is 12.3. The molecule has 0 amide bonds. The molecule has 0 aliphatic heterocycles. The van der Waals surface area contributed by atoms with Gasteiger partial charge in [0.25, 0.3) is 0 Å². The van der Waals surface area contributed by atoms with Gasteiger partial charge in [0.1, 0.15) is 0 Å². The SMILES string of the molecule is C=C(C)C(=O)OC(CC)(OC(=O)C(=C)C)OP(=O)(O)O. The summed E-state index contributed by atoms with van der Waals surface area (Å²) < 4.78 is 24.7. The van der Waals surface area contributed by atoms with Crippen LogP contribution in [0.2, 0.25) is 0 Å². The van der Waals surface area contributed by atoms with Crippen LogP contribution in [-0.2, 0) is 28.2 Å². The van der Waals surface area contributed by atoms with Gasteiger partial charge in [0.15, 0.2) is 0 Å². The van der Waals surface area contributed by atoms with Gasteiger partial charge in [-0.15, -0.1) is 0 Å². The van der Waals surface area contributed by atoms with E-state index in [-0.39, 0.29) is 17.6 Å². The smallest absolute Gasteiger partial charge is 0.394 e. The van der Waals surface area contributed by atoms with Gasteiger partial charge >= 0.3 is 25.7 Å². The number of hydrogen-bond donors (Lipinski definition) is 2. The topological polar surface area (TPSA) is 119 Å². The van der Waals surface area contributed by atoms with E-state index in [9.17, 15) is 14.2 Å². The van der Waals surface area contributed by atoms with Crippen LogP contribution in [0.4, 0.5) is 0 Å². The average molecular weight is 308 g/mol. The van der Waals surface area contributed by atoms with Crippen LogP contribution in [0.5, 0.6) is 0 Å². The monoisotopic (exact) mass is 308 g/mol. The molecular weight excluding hydrogens is 291 g/mol. The lowest BCUT2D eigenvalue weighted by molar-refractivity contribution is -0.312. The summed E-state index contributed by atoms with van der Waals surface area (Å²) >= 11 is 0. The van der Waals surface area contributed by atoms with Gasteiger partial charge in [-0.2, -0.15) is 0 Å². The number of ether oxygens (including phenoxy) is 2. The molecule has 0 aromatic carbocycles. The van der Waals surface area contributed by atoms with Crippen molar-refractivity contribution in [3.05, 3.63) is 24.3 Å². The van der Waals surface area contributed by atoms with E-state index in [1.165, 1.54) is 20.8 Å². The lowest BCUT2D eigenvalue weighted by Gasteiger charge is -2.30. The molecule has 0 aliphatic carbocycles. The largest absolute Gasteiger partial charge is 0.475 e. The van der Waals surface area contributed by atoms with Crippen molar-refractivity contribution in [1.29, 1.82) is 0 Å². The highest BCUT2D eigenvalue weighted by Gasteiger charge is 2.45. The van der Waals surface area contributed by atoms with Crippen molar-refractivity contribution in [1.82, 2.24) is 0 Å². The van der Waals surface area contributed by atoms with Gasteiger partial charge in [0, 0.05) is 11.1 Å². The quantitative estimate of drug-likeness (QED) is 0.313. The van der Waals surface area contributed by atoms with E-state index in [0.29, 0.717) is 0 Å². The number of carbonyl (C=O) groups excluding carboxylic acids is 2. The molecule has 9 heteroatoms. The molecule has 114 valence electrons. The van der Waals surface area contributed by atoms with Gasteiger partial charge in [-0.05, 0) is 13.8 Å². The molecule has 20 heavy (non-hydrogen) atoms. The Labute approximate surface area is 116 Å². The van der Waals surface area contributed by atoms with Gasteiger partial charge in [-0.3, -0.25) is 0 Å².